The summed E-state index contributed by atoms with van der Waals surface area (Å²) in [5.74, 6) is 0.0106. The number of nitrogens with zero attached hydrogens (tertiary/aromatic N) is 3. The van der Waals surface area contributed by atoms with E-state index < -0.39 is 0 Å². The lowest BCUT2D eigenvalue weighted by Gasteiger charge is -2.07. The lowest BCUT2D eigenvalue weighted by atomic mass is 10.1. The van der Waals surface area contributed by atoms with Crippen LogP contribution in [0.2, 0.25) is 0 Å². The van der Waals surface area contributed by atoms with Crippen molar-refractivity contribution in [2.75, 3.05) is 0 Å². The van der Waals surface area contributed by atoms with Crippen molar-refractivity contribution in [1.29, 1.82) is 0 Å². The molecule has 4 rings (SSSR count). The maximum absolute atomic E-state index is 12.3. The summed E-state index contributed by atoms with van der Waals surface area (Å²) in [4.78, 5) is 19.5. The molecule has 4 aromatic rings. The lowest BCUT2D eigenvalue weighted by Crippen LogP contribution is -2.24. The van der Waals surface area contributed by atoms with Gasteiger partial charge in [0.15, 0.2) is 0 Å². The van der Waals surface area contributed by atoms with Gasteiger partial charge in [-0.2, -0.15) is 5.10 Å². The van der Waals surface area contributed by atoms with Crippen LogP contribution in [0.3, 0.4) is 0 Å². The zero-order valence-electron chi connectivity index (χ0n) is 14.2. The first-order valence-electron chi connectivity index (χ1n) is 8.50. The van der Waals surface area contributed by atoms with Crippen molar-refractivity contribution in [3.8, 4) is 0 Å². The molecule has 2 aromatic heterocycles. The third kappa shape index (κ3) is 3.64. The van der Waals surface area contributed by atoms with E-state index in [0.29, 0.717) is 19.5 Å². The van der Waals surface area contributed by atoms with Crippen molar-refractivity contribution >= 4 is 16.8 Å². The number of rotatable bonds is 6. The number of hydrogen-bond donors (Lipinski definition) is 2. The Morgan fingerprint density at radius 3 is 2.88 bits per heavy atom. The van der Waals surface area contributed by atoms with Gasteiger partial charge in [-0.25, -0.2) is 9.67 Å². The summed E-state index contributed by atoms with van der Waals surface area (Å²) in [6, 6.07) is 16.1. The van der Waals surface area contributed by atoms with E-state index >= 15 is 0 Å². The van der Waals surface area contributed by atoms with Crippen molar-refractivity contribution in [2.24, 2.45) is 0 Å². The largest absolute Gasteiger partial charge is 0.361 e. The molecule has 0 aliphatic rings. The standard InChI is InChI=1S/C20H19N5O/c26-20(9-17-11-22-19-7-2-1-6-18(17)19)23-10-15-4-3-5-16(8-15)12-25-14-21-13-24-25/h1-8,11,13-14,22H,9-10,12H2,(H,23,26). The summed E-state index contributed by atoms with van der Waals surface area (Å²) in [6.45, 7) is 1.17. The van der Waals surface area contributed by atoms with E-state index in [0.717, 1.165) is 27.6 Å². The van der Waals surface area contributed by atoms with Gasteiger partial charge >= 0.3 is 0 Å². The molecule has 2 aromatic carbocycles. The number of fused-ring (bicyclic) bond motifs is 1. The van der Waals surface area contributed by atoms with Crippen molar-refractivity contribution in [1.82, 2.24) is 25.1 Å². The number of hydrogen-bond acceptors (Lipinski definition) is 3. The van der Waals surface area contributed by atoms with Crippen LogP contribution >= 0.6 is 0 Å². The number of carbonyl (C=O) groups is 1. The van der Waals surface area contributed by atoms with Gasteiger partial charge in [0.1, 0.15) is 12.7 Å². The molecule has 0 bridgehead atoms. The number of aromatic amines is 1. The Kier molecular flexibility index (Phi) is 4.47. The Morgan fingerprint density at radius 1 is 1.12 bits per heavy atom. The van der Waals surface area contributed by atoms with Crippen LogP contribution in [0.5, 0.6) is 0 Å². The Balaban J connectivity index is 1.37. The number of aromatic nitrogens is 4. The quantitative estimate of drug-likeness (QED) is 0.564. The fraction of sp³-hybridized carbons (Fsp3) is 0.150. The van der Waals surface area contributed by atoms with Crippen LogP contribution in [0.4, 0.5) is 0 Å². The summed E-state index contributed by atoms with van der Waals surface area (Å²) >= 11 is 0. The van der Waals surface area contributed by atoms with E-state index in [4.69, 9.17) is 0 Å². The SMILES string of the molecule is O=C(Cc1c[nH]c2ccccc12)NCc1cccc(Cn2cncn2)c1. The molecular weight excluding hydrogens is 326 g/mol. The summed E-state index contributed by atoms with van der Waals surface area (Å²) in [7, 11) is 0. The highest BCUT2D eigenvalue weighted by Crippen LogP contribution is 2.18. The van der Waals surface area contributed by atoms with Crippen LogP contribution in [0, 0.1) is 0 Å². The van der Waals surface area contributed by atoms with Crippen molar-refractivity contribution in [3.63, 3.8) is 0 Å². The molecular formula is C20H19N5O. The average molecular weight is 345 g/mol. The normalized spacial score (nSPS) is 10.9. The molecule has 0 saturated carbocycles. The van der Waals surface area contributed by atoms with Gasteiger partial charge in [-0.3, -0.25) is 4.79 Å². The molecule has 2 heterocycles. The molecule has 1 amide bonds. The number of H-pyrrole nitrogens is 1. The first kappa shape index (κ1) is 16.1. The highest BCUT2D eigenvalue weighted by Gasteiger charge is 2.08. The zero-order chi connectivity index (χ0) is 17.8. The number of benzene rings is 2. The second-order valence-electron chi connectivity index (χ2n) is 6.23. The molecule has 0 fully saturated rings. The molecule has 0 spiro atoms. The van der Waals surface area contributed by atoms with Crippen molar-refractivity contribution < 1.29 is 4.79 Å². The molecule has 130 valence electrons. The summed E-state index contributed by atoms with van der Waals surface area (Å²) in [5, 5.41) is 8.21. The molecule has 0 atom stereocenters. The van der Waals surface area contributed by atoms with Gasteiger partial charge in [-0.15, -0.1) is 0 Å². The average Bonchev–Trinajstić information content (AvgIpc) is 3.31. The van der Waals surface area contributed by atoms with Crippen molar-refractivity contribution in [2.45, 2.75) is 19.5 Å². The van der Waals surface area contributed by atoms with Crippen LogP contribution in [-0.2, 0) is 24.3 Å². The number of nitrogens with one attached hydrogen (secondary N) is 2. The van der Waals surface area contributed by atoms with Gasteiger partial charge in [-0.1, -0.05) is 42.5 Å². The summed E-state index contributed by atoms with van der Waals surface area (Å²) < 4.78 is 1.77. The van der Waals surface area contributed by atoms with Gasteiger partial charge in [0.05, 0.1) is 13.0 Å². The number of amides is 1. The molecule has 0 radical (unpaired) electrons. The van der Waals surface area contributed by atoms with Gasteiger partial charge in [0, 0.05) is 23.6 Å². The van der Waals surface area contributed by atoms with Crippen molar-refractivity contribution in [3.05, 3.63) is 84.1 Å². The molecule has 0 unspecified atom stereocenters. The van der Waals surface area contributed by atoms with Gasteiger partial charge < -0.3 is 10.3 Å². The summed E-state index contributed by atoms with van der Waals surface area (Å²) in [6.07, 6.45) is 5.48. The topological polar surface area (TPSA) is 75.6 Å². The lowest BCUT2D eigenvalue weighted by molar-refractivity contribution is -0.120. The summed E-state index contributed by atoms with van der Waals surface area (Å²) in [5.41, 5.74) is 4.25. The fourth-order valence-corrected chi connectivity index (χ4v) is 3.05. The maximum Gasteiger partial charge on any atom is 0.224 e. The molecule has 26 heavy (non-hydrogen) atoms. The molecule has 6 heteroatoms. The Hall–Kier alpha value is -3.41. The van der Waals surface area contributed by atoms with E-state index in [-0.39, 0.29) is 5.91 Å². The van der Waals surface area contributed by atoms with E-state index in [2.05, 4.69) is 26.4 Å². The second kappa shape index (κ2) is 7.23. The van der Waals surface area contributed by atoms with E-state index in [1.807, 2.05) is 48.7 Å². The van der Waals surface area contributed by atoms with Crippen LogP contribution in [0.1, 0.15) is 16.7 Å². The Bertz CT molecular complexity index is 1020. The maximum atomic E-state index is 12.3. The van der Waals surface area contributed by atoms with Crippen LogP contribution in [0.25, 0.3) is 10.9 Å². The molecule has 0 aliphatic carbocycles. The van der Waals surface area contributed by atoms with E-state index in [1.165, 1.54) is 6.33 Å². The monoisotopic (exact) mass is 345 g/mol. The smallest absolute Gasteiger partial charge is 0.224 e. The van der Waals surface area contributed by atoms with E-state index in [9.17, 15) is 4.79 Å². The minimum absolute atomic E-state index is 0.0106. The number of para-hydroxylation sites is 1. The minimum Gasteiger partial charge on any atom is -0.361 e. The fourth-order valence-electron chi connectivity index (χ4n) is 3.05. The van der Waals surface area contributed by atoms with Gasteiger partial charge in [0.25, 0.3) is 0 Å². The first-order chi connectivity index (χ1) is 12.8. The Morgan fingerprint density at radius 2 is 2.00 bits per heavy atom. The third-order valence-corrected chi connectivity index (χ3v) is 4.32. The van der Waals surface area contributed by atoms with Crippen LogP contribution in [-0.4, -0.2) is 25.7 Å². The van der Waals surface area contributed by atoms with Gasteiger partial charge in [-0.05, 0) is 22.8 Å². The van der Waals surface area contributed by atoms with Gasteiger partial charge in [0.2, 0.25) is 5.91 Å². The first-order valence-corrected chi connectivity index (χ1v) is 8.50. The highest BCUT2D eigenvalue weighted by molar-refractivity contribution is 5.88. The highest BCUT2D eigenvalue weighted by atomic mass is 16.1. The third-order valence-electron chi connectivity index (χ3n) is 4.32. The number of carbonyl (C=O) groups excluding carboxylic acids is 1. The van der Waals surface area contributed by atoms with Crippen LogP contribution in [0.15, 0.2) is 67.4 Å². The second-order valence-corrected chi connectivity index (χ2v) is 6.23. The molecule has 2 N–H and O–H groups in total. The van der Waals surface area contributed by atoms with E-state index in [1.54, 1.807) is 11.0 Å². The molecule has 6 nitrogen and oxygen atoms in total. The minimum atomic E-state index is 0.0106. The Labute approximate surface area is 150 Å². The predicted molar refractivity (Wildman–Crippen MR) is 99.4 cm³/mol. The van der Waals surface area contributed by atoms with Crippen LogP contribution < -0.4 is 5.32 Å². The molecule has 0 aliphatic heterocycles. The predicted octanol–water partition coefficient (Wildman–Crippen LogP) is 2.67. The molecule has 0 saturated heterocycles. The zero-order valence-corrected chi connectivity index (χ0v) is 14.2.